The summed E-state index contributed by atoms with van der Waals surface area (Å²) in [6, 6.07) is 35.1. The molecule has 0 amide bonds. The van der Waals surface area contributed by atoms with Crippen molar-refractivity contribution < 1.29 is 14.3 Å². The van der Waals surface area contributed by atoms with E-state index in [2.05, 4.69) is 51.9 Å². The third-order valence-corrected chi connectivity index (χ3v) is 15.1. The van der Waals surface area contributed by atoms with Crippen LogP contribution in [0.5, 0.6) is 0 Å². The van der Waals surface area contributed by atoms with Gasteiger partial charge < -0.3 is 0 Å². The summed E-state index contributed by atoms with van der Waals surface area (Å²) in [4.78, 5) is 11.3. The van der Waals surface area contributed by atoms with Gasteiger partial charge in [-0.05, 0) is 0 Å². The molecule has 156 valence electrons. The van der Waals surface area contributed by atoms with Crippen LogP contribution in [0.3, 0.4) is 0 Å². The van der Waals surface area contributed by atoms with E-state index in [1.165, 1.54) is 12.1 Å². The normalized spacial score (nSPS) is 12.6. The maximum atomic E-state index is 14.6. The van der Waals surface area contributed by atoms with Gasteiger partial charge in [-0.1, -0.05) is 0 Å². The van der Waals surface area contributed by atoms with Crippen molar-refractivity contribution in [2.45, 2.75) is 6.16 Å². The van der Waals surface area contributed by atoms with Crippen molar-refractivity contribution in [1.29, 1.82) is 0 Å². The van der Waals surface area contributed by atoms with Gasteiger partial charge in [-0.3, -0.25) is 0 Å². The van der Waals surface area contributed by atoms with Crippen LogP contribution < -0.4 is 15.9 Å². The van der Waals surface area contributed by atoms with Crippen molar-refractivity contribution in [2.24, 2.45) is 0 Å². The van der Waals surface area contributed by atoms with Crippen molar-refractivity contribution >= 4 is 42.7 Å². The fourth-order valence-corrected chi connectivity index (χ4v) is 11.8. The quantitative estimate of drug-likeness (QED) is 0.340. The molecule has 0 unspecified atom stereocenters. The van der Waals surface area contributed by atoms with E-state index in [1.54, 1.807) is 6.07 Å². The molecule has 0 fully saturated rings. The number of aromatic carboxylic acids is 1. The van der Waals surface area contributed by atoms with Gasteiger partial charge in [0.25, 0.3) is 0 Å². The molecule has 0 saturated carbocycles. The average Bonchev–Trinajstić information content (AvgIpc) is 2.81. The molecule has 4 aromatic carbocycles. The van der Waals surface area contributed by atoms with Gasteiger partial charge in [0.1, 0.15) is 0 Å². The summed E-state index contributed by atoms with van der Waals surface area (Å²) in [7, 11) is 0. The van der Waals surface area contributed by atoms with E-state index in [0.717, 1.165) is 21.5 Å². The molecule has 0 aliphatic rings. The van der Waals surface area contributed by atoms with E-state index in [9.17, 15) is 14.3 Å². The van der Waals surface area contributed by atoms with Gasteiger partial charge in [-0.15, -0.1) is 0 Å². The van der Waals surface area contributed by atoms with Gasteiger partial charge >= 0.3 is 189 Å². The molecule has 0 aromatic heterocycles. The topological polar surface area (TPSA) is 37.3 Å². The van der Waals surface area contributed by atoms with Crippen LogP contribution in [-0.2, 0) is 6.16 Å². The maximum absolute atomic E-state index is 14.6. The Kier molecular flexibility index (Phi) is 5.79. The molecular formula is C26H21BrFO2P. The van der Waals surface area contributed by atoms with Gasteiger partial charge in [0.15, 0.2) is 0 Å². The molecule has 0 heterocycles. The number of benzene rings is 4. The summed E-state index contributed by atoms with van der Waals surface area (Å²) in [6.45, 7) is 0. The fraction of sp³-hybridized carbons (Fsp3) is 0.0385. The number of carboxylic acids is 1. The molecule has 0 bridgehead atoms. The van der Waals surface area contributed by atoms with Crippen LogP contribution in [-0.4, -0.2) is 11.1 Å². The molecular weight excluding hydrogens is 474 g/mol. The SMILES string of the molecule is O=C(O)c1ccc(CP(Br)(c2ccccc2)(c2ccccc2)c2ccccc2)cc1F. The Hall–Kier alpha value is -2.81. The zero-order chi connectivity index (χ0) is 21.9. The van der Waals surface area contributed by atoms with Crippen LogP contribution >= 0.6 is 20.8 Å². The molecule has 5 heteroatoms. The first-order valence-electron chi connectivity index (χ1n) is 9.85. The molecule has 31 heavy (non-hydrogen) atoms. The first kappa shape index (κ1) is 21.4. The predicted molar refractivity (Wildman–Crippen MR) is 131 cm³/mol. The van der Waals surface area contributed by atoms with E-state index in [-0.39, 0.29) is 5.56 Å². The fourth-order valence-electron chi connectivity index (χ4n) is 4.11. The second-order valence-electron chi connectivity index (χ2n) is 7.47. The Morgan fingerprint density at radius 1 is 0.742 bits per heavy atom. The molecule has 0 atom stereocenters. The minimum absolute atomic E-state index is 0.322. The summed E-state index contributed by atoms with van der Waals surface area (Å²) in [6.07, 6.45) is 0.500. The first-order chi connectivity index (χ1) is 14.9. The van der Waals surface area contributed by atoms with Gasteiger partial charge in [-0.2, -0.15) is 0 Å². The third kappa shape index (κ3) is 3.71. The van der Waals surface area contributed by atoms with Gasteiger partial charge in [0.05, 0.1) is 0 Å². The Labute approximate surface area is 189 Å². The van der Waals surface area contributed by atoms with E-state index in [4.69, 9.17) is 0 Å². The second kappa shape index (κ2) is 8.37. The Morgan fingerprint density at radius 3 is 1.52 bits per heavy atom. The van der Waals surface area contributed by atoms with Crippen molar-refractivity contribution in [3.63, 3.8) is 0 Å². The summed E-state index contributed by atoms with van der Waals surface area (Å²) < 4.78 is 14.6. The summed E-state index contributed by atoms with van der Waals surface area (Å²) in [5, 5.41) is 9.34. The number of carboxylic acid groups (broad SMARTS) is 1. The zero-order valence-corrected chi connectivity index (χ0v) is 19.1. The van der Waals surface area contributed by atoms with Gasteiger partial charge in [-0.25, -0.2) is 0 Å². The number of halogens is 2. The minimum atomic E-state index is -3.25. The first-order valence-corrected chi connectivity index (χ1v) is 14.3. The summed E-state index contributed by atoms with van der Waals surface area (Å²) in [5.41, 5.74) is 0.409. The summed E-state index contributed by atoms with van der Waals surface area (Å²) >= 11 is 4.32. The van der Waals surface area contributed by atoms with Crippen molar-refractivity contribution in [3.05, 3.63) is 126 Å². The molecule has 2 nitrogen and oxygen atoms in total. The number of carbonyl (C=O) groups is 1. The van der Waals surface area contributed by atoms with Crippen LogP contribution in [0.1, 0.15) is 15.9 Å². The van der Waals surface area contributed by atoms with Crippen molar-refractivity contribution in [1.82, 2.24) is 0 Å². The number of hydrogen-bond acceptors (Lipinski definition) is 1. The zero-order valence-electron chi connectivity index (χ0n) is 16.7. The second-order valence-corrected chi connectivity index (χ2v) is 16.4. The van der Waals surface area contributed by atoms with Crippen molar-refractivity contribution in [3.8, 4) is 0 Å². The monoisotopic (exact) mass is 494 g/mol. The Bertz CT molecular complexity index is 1110. The van der Waals surface area contributed by atoms with Crippen LogP contribution in [0.25, 0.3) is 0 Å². The van der Waals surface area contributed by atoms with Gasteiger partial charge in [0.2, 0.25) is 0 Å². The summed E-state index contributed by atoms with van der Waals surface area (Å²) in [5.74, 6) is -1.99. The van der Waals surface area contributed by atoms with Crippen LogP contribution in [0.4, 0.5) is 4.39 Å². The number of hydrogen-bond donors (Lipinski definition) is 1. The molecule has 0 spiro atoms. The average molecular weight is 495 g/mol. The van der Waals surface area contributed by atoms with Crippen molar-refractivity contribution in [2.75, 3.05) is 0 Å². The third-order valence-electron chi connectivity index (χ3n) is 5.63. The molecule has 0 radical (unpaired) electrons. The molecule has 4 aromatic rings. The Morgan fingerprint density at radius 2 is 1.16 bits per heavy atom. The van der Waals surface area contributed by atoms with Crippen LogP contribution in [0.2, 0.25) is 0 Å². The van der Waals surface area contributed by atoms with Crippen LogP contribution in [0, 0.1) is 5.82 Å². The van der Waals surface area contributed by atoms with E-state index in [1.807, 2.05) is 54.6 Å². The van der Waals surface area contributed by atoms with E-state index >= 15 is 0 Å². The van der Waals surface area contributed by atoms with Gasteiger partial charge in [0, 0.05) is 0 Å². The van der Waals surface area contributed by atoms with Crippen LogP contribution in [0.15, 0.2) is 109 Å². The molecule has 4 rings (SSSR count). The molecule has 1 N–H and O–H groups in total. The van der Waals surface area contributed by atoms with E-state index < -0.39 is 17.1 Å². The standard InChI is InChI=1S/C26H21BrFO2P/c27-31(21-10-4-1-5-11-21,22-12-6-2-7-13-22,23-14-8-3-9-15-23)19-20-16-17-24(26(29)30)25(28)18-20/h1-18H,19H2,(H,29,30). The molecule has 0 saturated heterocycles. The molecule has 0 aliphatic heterocycles. The molecule has 0 aliphatic carbocycles. The number of rotatable bonds is 6. The Balaban J connectivity index is 2.04. The van der Waals surface area contributed by atoms with E-state index in [0.29, 0.717) is 6.16 Å². The predicted octanol–water partition coefficient (Wildman–Crippen LogP) is 5.86.